The van der Waals surface area contributed by atoms with Gasteiger partial charge in [-0.1, -0.05) is 29.8 Å². The van der Waals surface area contributed by atoms with Crippen molar-refractivity contribution in [1.29, 1.82) is 0 Å². The van der Waals surface area contributed by atoms with Gasteiger partial charge in [0, 0.05) is 28.5 Å². The minimum atomic E-state index is -1.35. The number of hydrogen-bond acceptors (Lipinski definition) is 4. The van der Waals surface area contributed by atoms with E-state index in [4.69, 9.17) is 16.3 Å². The van der Waals surface area contributed by atoms with E-state index in [0.29, 0.717) is 10.8 Å². The number of aromatic nitrogens is 1. The van der Waals surface area contributed by atoms with Gasteiger partial charge in [0.1, 0.15) is 5.75 Å². The van der Waals surface area contributed by atoms with Gasteiger partial charge in [-0.15, -0.1) is 0 Å². The smallest absolute Gasteiger partial charge is 0.258 e. The van der Waals surface area contributed by atoms with E-state index in [2.05, 4.69) is 10.3 Å². The van der Waals surface area contributed by atoms with E-state index in [1.54, 1.807) is 18.3 Å². The molecule has 0 aliphatic carbocycles. The van der Waals surface area contributed by atoms with Crippen molar-refractivity contribution in [3.63, 3.8) is 0 Å². The fraction of sp³-hybridized carbons (Fsp3) is 0.238. The number of fused-ring (bicyclic) bond motifs is 1. The molecule has 1 aromatic heterocycles. The first-order valence-corrected chi connectivity index (χ1v) is 9.17. The number of benzene rings is 2. The van der Waals surface area contributed by atoms with Crippen LogP contribution in [-0.2, 0) is 16.0 Å². The zero-order chi connectivity index (χ0) is 20.3. The van der Waals surface area contributed by atoms with E-state index >= 15 is 0 Å². The highest BCUT2D eigenvalue weighted by atomic mass is 35.5. The van der Waals surface area contributed by atoms with Crippen molar-refractivity contribution < 1.29 is 19.4 Å². The average molecular weight is 400 g/mol. The lowest BCUT2D eigenvalue weighted by atomic mass is 10.1. The third-order valence-electron chi connectivity index (χ3n) is 4.50. The van der Waals surface area contributed by atoms with Gasteiger partial charge in [0.2, 0.25) is 0 Å². The number of amides is 1. The van der Waals surface area contributed by atoms with Crippen LogP contribution in [0.5, 0.6) is 5.75 Å². The predicted molar refractivity (Wildman–Crippen MR) is 105 cm³/mol. The number of aliphatic carboxylic acids is 1. The Labute approximate surface area is 167 Å². The number of carboxylic acids is 1. The van der Waals surface area contributed by atoms with Gasteiger partial charge in [0.15, 0.2) is 6.61 Å². The van der Waals surface area contributed by atoms with Gasteiger partial charge in [0.25, 0.3) is 5.91 Å². The Bertz CT molecular complexity index is 1010. The Morgan fingerprint density at radius 1 is 1.21 bits per heavy atom. The summed E-state index contributed by atoms with van der Waals surface area (Å²) in [5.74, 6) is -1.40. The Morgan fingerprint density at radius 3 is 2.57 bits per heavy atom. The topological polar surface area (TPSA) is 94.2 Å². The maximum absolute atomic E-state index is 12.2. The van der Waals surface area contributed by atoms with E-state index in [0.717, 1.165) is 27.6 Å². The number of rotatable bonds is 7. The molecule has 146 valence electrons. The zero-order valence-corrected chi connectivity index (χ0v) is 16.3. The van der Waals surface area contributed by atoms with Crippen molar-refractivity contribution in [3.8, 4) is 5.75 Å². The molecule has 3 aromatic rings. The number of ether oxygens (including phenoxy) is 1. The van der Waals surface area contributed by atoms with Gasteiger partial charge in [-0.25, -0.2) is 0 Å². The minimum Gasteiger partial charge on any atom is -0.548 e. The molecule has 0 aliphatic heterocycles. The van der Waals surface area contributed by atoms with Crippen LogP contribution < -0.4 is 15.2 Å². The summed E-state index contributed by atoms with van der Waals surface area (Å²) in [7, 11) is 0. The van der Waals surface area contributed by atoms with Crippen LogP contribution in [0.15, 0.2) is 42.6 Å². The second-order valence-corrected chi connectivity index (χ2v) is 7.04. The quantitative estimate of drug-likeness (QED) is 0.637. The summed E-state index contributed by atoms with van der Waals surface area (Å²) in [6.45, 7) is 3.38. The van der Waals surface area contributed by atoms with Gasteiger partial charge < -0.3 is 24.9 Å². The van der Waals surface area contributed by atoms with Gasteiger partial charge in [-0.05, 0) is 48.7 Å². The van der Waals surface area contributed by atoms with Crippen molar-refractivity contribution >= 4 is 34.4 Å². The van der Waals surface area contributed by atoms with Crippen LogP contribution in [-0.4, -0.2) is 29.5 Å². The highest BCUT2D eigenvalue weighted by molar-refractivity contribution is 6.32. The molecule has 1 unspecified atom stereocenters. The molecule has 1 heterocycles. The lowest BCUT2D eigenvalue weighted by Gasteiger charge is -2.20. The van der Waals surface area contributed by atoms with Crippen molar-refractivity contribution in [2.24, 2.45) is 0 Å². The number of carbonyl (C=O) groups is 2. The maximum Gasteiger partial charge on any atom is 0.258 e. The first kappa shape index (κ1) is 19.8. The Balaban J connectivity index is 1.64. The summed E-state index contributed by atoms with van der Waals surface area (Å²) in [5, 5.41) is 15.5. The monoisotopic (exact) mass is 399 g/mol. The van der Waals surface area contributed by atoms with Crippen LogP contribution in [0.3, 0.4) is 0 Å². The summed E-state index contributed by atoms with van der Waals surface area (Å²) < 4.78 is 5.48. The van der Waals surface area contributed by atoms with Gasteiger partial charge >= 0.3 is 0 Å². The average Bonchev–Trinajstić information content (AvgIpc) is 3.06. The second-order valence-electron chi connectivity index (χ2n) is 6.66. The number of carboxylic acid groups (broad SMARTS) is 1. The Hall–Kier alpha value is -2.99. The molecule has 2 aromatic carbocycles. The molecule has 0 aliphatic rings. The van der Waals surface area contributed by atoms with Crippen molar-refractivity contribution in [3.05, 3.63) is 64.3 Å². The van der Waals surface area contributed by atoms with Crippen molar-refractivity contribution in [2.75, 3.05) is 6.61 Å². The predicted octanol–water partition coefficient (Wildman–Crippen LogP) is 2.29. The highest BCUT2D eigenvalue weighted by Gasteiger charge is 2.17. The van der Waals surface area contributed by atoms with E-state index in [1.807, 2.05) is 38.1 Å². The number of nitrogens with one attached hydrogen (secondary N) is 2. The molecule has 0 bridgehead atoms. The maximum atomic E-state index is 12.2. The molecule has 28 heavy (non-hydrogen) atoms. The van der Waals surface area contributed by atoms with Crippen LogP contribution in [0.1, 0.15) is 16.7 Å². The van der Waals surface area contributed by atoms with E-state index in [1.165, 1.54) is 0 Å². The number of aromatic amines is 1. The largest absolute Gasteiger partial charge is 0.548 e. The van der Waals surface area contributed by atoms with Crippen LogP contribution >= 0.6 is 11.6 Å². The molecule has 1 atom stereocenters. The first-order chi connectivity index (χ1) is 13.3. The van der Waals surface area contributed by atoms with Crippen LogP contribution in [0.25, 0.3) is 10.9 Å². The number of halogens is 1. The SMILES string of the molecule is Cc1cc(OCC(=O)NC(Cc2c[nH]c3ccccc23)C(=O)[O-])cc(C)c1Cl. The lowest BCUT2D eigenvalue weighted by Crippen LogP contribution is -2.50. The number of carbonyl (C=O) groups excluding carboxylic acids is 2. The summed E-state index contributed by atoms with van der Waals surface area (Å²) in [6.07, 6.45) is 1.85. The summed E-state index contributed by atoms with van der Waals surface area (Å²) in [5.41, 5.74) is 3.36. The minimum absolute atomic E-state index is 0.108. The highest BCUT2D eigenvalue weighted by Crippen LogP contribution is 2.25. The first-order valence-electron chi connectivity index (χ1n) is 8.80. The van der Waals surface area contributed by atoms with Gasteiger partial charge in [-0.2, -0.15) is 0 Å². The molecule has 0 fully saturated rings. The standard InChI is InChI=1S/C21H21ClN2O4/c1-12-7-15(8-13(2)20(12)22)28-11-19(25)24-18(21(26)27)9-14-10-23-17-6-4-3-5-16(14)17/h3-8,10,18,23H,9,11H2,1-2H3,(H,24,25)(H,26,27)/p-1. The fourth-order valence-electron chi connectivity index (χ4n) is 3.09. The van der Waals surface area contributed by atoms with Crippen LogP contribution in [0, 0.1) is 13.8 Å². The van der Waals surface area contributed by atoms with E-state index < -0.39 is 17.9 Å². The summed E-state index contributed by atoms with van der Waals surface area (Å²) in [4.78, 5) is 26.8. The molecule has 6 nitrogen and oxygen atoms in total. The number of H-pyrrole nitrogens is 1. The molecule has 0 spiro atoms. The van der Waals surface area contributed by atoms with E-state index in [-0.39, 0.29) is 13.0 Å². The third-order valence-corrected chi connectivity index (χ3v) is 5.09. The summed E-state index contributed by atoms with van der Waals surface area (Å²) in [6, 6.07) is 9.84. The molecule has 3 rings (SSSR count). The van der Waals surface area contributed by atoms with Gasteiger partial charge in [-0.3, -0.25) is 4.79 Å². The van der Waals surface area contributed by atoms with Crippen LogP contribution in [0.2, 0.25) is 5.02 Å². The Morgan fingerprint density at radius 2 is 1.89 bits per heavy atom. The van der Waals surface area contributed by atoms with Crippen molar-refractivity contribution in [2.45, 2.75) is 26.3 Å². The number of hydrogen-bond donors (Lipinski definition) is 2. The lowest BCUT2D eigenvalue weighted by molar-refractivity contribution is -0.308. The van der Waals surface area contributed by atoms with Crippen molar-refractivity contribution in [1.82, 2.24) is 10.3 Å². The number of aryl methyl sites for hydroxylation is 2. The van der Waals surface area contributed by atoms with E-state index in [9.17, 15) is 14.7 Å². The molecular weight excluding hydrogens is 380 g/mol. The zero-order valence-electron chi connectivity index (χ0n) is 15.5. The third kappa shape index (κ3) is 4.46. The molecule has 0 saturated heterocycles. The summed E-state index contributed by atoms with van der Waals surface area (Å²) >= 11 is 6.12. The molecule has 2 N–H and O–H groups in total. The molecule has 0 saturated carbocycles. The molecule has 0 radical (unpaired) electrons. The number of para-hydroxylation sites is 1. The molecule has 1 amide bonds. The fourth-order valence-corrected chi connectivity index (χ4v) is 3.20. The molecular formula is C21H20ClN2O4-. The molecule has 7 heteroatoms. The van der Waals surface area contributed by atoms with Crippen LogP contribution in [0.4, 0.5) is 0 Å². The Kier molecular flexibility index (Phi) is 5.90. The second kappa shape index (κ2) is 8.35. The normalized spacial score (nSPS) is 12.0. The van der Waals surface area contributed by atoms with Gasteiger partial charge in [0.05, 0.1) is 12.0 Å².